The summed E-state index contributed by atoms with van der Waals surface area (Å²) in [4.78, 5) is 26.4. The molecule has 13 heteroatoms. The van der Waals surface area contributed by atoms with E-state index < -0.39 is 31.9 Å². The van der Waals surface area contributed by atoms with Crippen LogP contribution in [0.5, 0.6) is 5.75 Å². The van der Waals surface area contributed by atoms with Gasteiger partial charge in [0.25, 0.3) is 20.0 Å². The van der Waals surface area contributed by atoms with E-state index in [0.29, 0.717) is 5.75 Å². The van der Waals surface area contributed by atoms with Crippen LogP contribution in [0.1, 0.15) is 0 Å². The first-order chi connectivity index (χ1) is 13.2. The van der Waals surface area contributed by atoms with Crippen LogP contribution in [0, 0.1) is 0 Å². The van der Waals surface area contributed by atoms with Crippen molar-refractivity contribution in [2.75, 3.05) is 7.11 Å². The van der Waals surface area contributed by atoms with Crippen LogP contribution in [0.25, 0.3) is 0 Å². The zero-order valence-corrected chi connectivity index (χ0v) is 16.0. The van der Waals surface area contributed by atoms with Gasteiger partial charge in [-0.05, 0) is 36.4 Å². The molecule has 2 rings (SSSR count). The fraction of sp³-hybridized carbons (Fsp3) is 0.0667. The summed E-state index contributed by atoms with van der Waals surface area (Å²) in [5.41, 5.74) is 3.34. The maximum atomic E-state index is 12.1. The highest BCUT2D eigenvalue weighted by atomic mass is 32.2. The van der Waals surface area contributed by atoms with Crippen molar-refractivity contribution in [2.24, 2.45) is 0 Å². The number of amides is 2. The molecular weight excluding hydrogens is 412 g/mol. The molecular formula is C15H16N4O7S2. The van der Waals surface area contributed by atoms with Gasteiger partial charge in [-0.25, -0.2) is 16.8 Å². The molecule has 2 aromatic carbocycles. The number of hydrogen-bond donors (Lipinski definition) is 4. The number of carbonyl (C=O) groups excluding carboxylic acids is 2. The zero-order valence-electron chi connectivity index (χ0n) is 14.4. The Morgan fingerprint density at radius 1 is 0.714 bits per heavy atom. The van der Waals surface area contributed by atoms with Crippen molar-refractivity contribution < 1.29 is 31.2 Å². The van der Waals surface area contributed by atoms with Gasteiger partial charge in [-0.2, -0.15) is 0 Å². The monoisotopic (exact) mass is 428 g/mol. The summed E-state index contributed by atoms with van der Waals surface area (Å²) in [5.74, 6) is -2.45. The minimum Gasteiger partial charge on any atom is -0.497 e. The lowest BCUT2D eigenvalue weighted by molar-refractivity contribution is -0.139. The molecule has 2 amide bonds. The lowest BCUT2D eigenvalue weighted by Crippen LogP contribution is -2.52. The number of methoxy groups -OCH3 is 1. The van der Waals surface area contributed by atoms with Crippen LogP contribution in [0.4, 0.5) is 0 Å². The van der Waals surface area contributed by atoms with E-state index >= 15 is 0 Å². The van der Waals surface area contributed by atoms with Crippen molar-refractivity contribution in [3.05, 3.63) is 54.6 Å². The fourth-order valence-electron chi connectivity index (χ4n) is 1.81. The third kappa shape index (κ3) is 5.50. The second-order valence-electron chi connectivity index (χ2n) is 5.11. The van der Waals surface area contributed by atoms with Gasteiger partial charge >= 0.3 is 11.8 Å². The molecule has 0 aliphatic carbocycles. The minimum absolute atomic E-state index is 0.143. The van der Waals surface area contributed by atoms with Crippen LogP contribution < -0.4 is 25.3 Å². The number of carbonyl (C=O) groups is 2. The Morgan fingerprint density at radius 2 is 1.14 bits per heavy atom. The molecule has 2 aromatic rings. The molecule has 0 aliphatic heterocycles. The molecule has 0 heterocycles. The quantitative estimate of drug-likeness (QED) is 0.325. The Kier molecular flexibility index (Phi) is 6.69. The van der Waals surface area contributed by atoms with Crippen molar-refractivity contribution in [2.45, 2.75) is 9.79 Å². The van der Waals surface area contributed by atoms with Gasteiger partial charge in [0, 0.05) is 0 Å². The standard InChI is InChI=1S/C15H16N4O7S2/c1-26-11-7-9-13(10-8-11)28(24,25)19-17-15(21)14(20)16-18-27(22,23)12-5-3-2-4-6-12/h2-10,18-19H,1H3,(H,16,20)(H,17,21). The smallest absolute Gasteiger partial charge is 0.325 e. The molecule has 28 heavy (non-hydrogen) atoms. The molecule has 4 N–H and O–H groups in total. The Morgan fingerprint density at radius 3 is 1.57 bits per heavy atom. The molecule has 0 spiro atoms. The second-order valence-corrected chi connectivity index (χ2v) is 8.47. The first kappa shape index (κ1) is 21.3. The van der Waals surface area contributed by atoms with Gasteiger partial charge in [-0.15, -0.1) is 9.66 Å². The number of benzene rings is 2. The summed E-state index contributed by atoms with van der Waals surface area (Å²) in [5, 5.41) is 0. The van der Waals surface area contributed by atoms with E-state index in [1.165, 1.54) is 55.6 Å². The van der Waals surface area contributed by atoms with E-state index in [9.17, 15) is 26.4 Å². The van der Waals surface area contributed by atoms with Gasteiger partial charge in [0.1, 0.15) is 5.75 Å². The first-order valence-electron chi connectivity index (χ1n) is 7.49. The number of hydrazine groups is 2. The van der Waals surface area contributed by atoms with E-state index in [4.69, 9.17) is 4.74 Å². The molecule has 0 radical (unpaired) electrons. The third-order valence-electron chi connectivity index (χ3n) is 3.23. The van der Waals surface area contributed by atoms with Gasteiger partial charge in [0.15, 0.2) is 0 Å². The predicted molar refractivity (Wildman–Crippen MR) is 96.4 cm³/mol. The summed E-state index contributed by atoms with van der Waals surface area (Å²) in [7, 11) is -6.84. The average molecular weight is 428 g/mol. The van der Waals surface area contributed by atoms with Crippen molar-refractivity contribution >= 4 is 31.9 Å². The minimum atomic E-state index is -4.16. The fourth-order valence-corrected chi connectivity index (χ4v) is 3.51. The van der Waals surface area contributed by atoms with Gasteiger partial charge in [-0.3, -0.25) is 20.4 Å². The Labute approximate surface area is 161 Å². The number of nitrogens with one attached hydrogen (secondary N) is 4. The number of ether oxygens (including phenoxy) is 1. The molecule has 0 saturated carbocycles. The Hall–Kier alpha value is -3.00. The molecule has 0 fully saturated rings. The summed E-state index contributed by atoms with van der Waals surface area (Å²) >= 11 is 0. The number of hydrogen-bond acceptors (Lipinski definition) is 7. The van der Waals surface area contributed by atoms with E-state index in [2.05, 4.69) is 0 Å². The van der Waals surface area contributed by atoms with Gasteiger partial charge in [0.2, 0.25) is 0 Å². The summed E-state index contributed by atoms with van der Waals surface area (Å²) in [6, 6.07) is 12.3. The summed E-state index contributed by atoms with van der Waals surface area (Å²) in [6.07, 6.45) is 0. The Balaban J connectivity index is 1.92. The van der Waals surface area contributed by atoms with Gasteiger partial charge < -0.3 is 4.74 Å². The number of rotatable bonds is 7. The molecule has 0 bridgehead atoms. The van der Waals surface area contributed by atoms with E-state index in [1.54, 1.807) is 26.6 Å². The van der Waals surface area contributed by atoms with Crippen molar-refractivity contribution in [1.82, 2.24) is 20.5 Å². The molecule has 150 valence electrons. The SMILES string of the molecule is COc1ccc(S(=O)(=O)NNC(=O)C(=O)NNS(=O)(=O)c2ccccc2)cc1. The Bertz CT molecular complexity index is 1050. The van der Waals surface area contributed by atoms with Gasteiger partial charge in [-0.1, -0.05) is 18.2 Å². The van der Waals surface area contributed by atoms with Crippen molar-refractivity contribution in [1.29, 1.82) is 0 Å². The highest BCUT2D eigenvalue weighted by Crippen LogP contribution is 2.14. The summed E-state index contributed by atoms with van der Waals surface area (Å²) < 4.78 is 52.9. The molecule has 0 unspecified atom stereocenters. The normalized spacial score (nSPS) is 11.5. The van der Waals surface area contributed by atoms with Crippen LogP contribution in [0.15, 0.2) is 64.4 Å². The highest BCUT2D eigenvalue weighted by Gasteiger charge is 2.21. The second kappa shape index (κ2) is 8.79. The topological polar surface area (TPSA) is 160 Å². The van der Waals surface area contributed by atoms with Crippen LogP contribution in [0.2, 0.25) is 0 Å². The maximum Gasteiger partial charge on any atom is 0.325 e. The molecule has 11 nitrogen and oxygen atoms in total. The third-order valence-corrected chi connectivity index (χ3v) is 5.75. The van der Waals surface area contributed by atoms with Crippen LogP contribution in [-0.4, -0.2) is 35.8 Å². The van der Waals surface area contributed by atoms with Crippen LogP contribution in [-0.2, 0) is 29.6 Å². The maximum absolute atomic E-state index is 12.1. The molecule has 0 atom stereocenters. The van der Waals surface area contributed by atoms with Gasteiger partial charge in [0.05, 0.1) is 16.9 Å². The predicted octanol–water partition coefficient (Wildman–Crippen LogP) is -0.986. The van der Waals surface area contributed by atoms with E-state index in [-0.39, 0.29) is 9.79 Å². The van der Waals surface area contributed by atoms with Crippen molar-refractivity contribution in [3.8, 4) is 5.75 Å². The lowest BCUT2D eigenvalue weighted by Gasteiger charge is -2.10. The molecule has 0 aliphatic rings. The number of sulfonamides is 2. The lowest BCUT2D eigenvalue weighted by atomic mass is 10.3. The van der Waals surface area contributed by atoms with E-state index in [0.717, 1.165) is 0 Å². The first-order valence-corrected chi connectivity index (χ1v) is 10.5. The molecule has 0 aromatic heterocycles. The van der Waals surface area contributed by atoms with E-state index in [1.807, 2.05) is 0 Å². The van der Waals surface area contributed by atoms with Crippen LogP contribution in [0.3, 0.4) is 0 Å². The highest BCUT2D eigenvalue weighted by molar-refractivity contribution is 7.89. The zero-order chi connectivity index (χ0) is 20.8. The summed E-state index contributed by atoms with van der Waals surface area (Å²) in [6.45, 7) is 0. The molecule has 0 saturated heterocycles. The van der Waals surface area contributed by atoms with Crippen molar-refractivity contribution in [3.63, 3.8) is 0 Å². The largest absolute Gasteiger partial charge is 0.497 e. The van der Waals surface area contributed by atoms with Crippen LogP contribution >= 0.6 is 0 Å². The average Bonchev–Trinajstić information content (AvgIpc) is 2.71.